The monoisotopic (exact) mass is 393 g/mol. The van der Waals surface area contributed by atoms with Crippen LogP contribution in [0.25, 0.3) is 0 Å². The molecule has 0 spiro atoms. The second kappa shape index (κ2) is 8.14. The van der Waals surface area contributed by atoms with E-state index in [1.54, 1.807) is 17.0 Å². The Bertz CT molecular complexity index is 671. The third-order valence-electron chi connectivity index (χ3n) is 4.43. The molecule has 1 amide bonds. The zero-order valence-electron chi connectivity index (χ0n) is 13.5. The summed E-state index contributed by atoms with van der Waals surface area (Å²) in [5, 5.41) is 0. The highest BCUT2D eigenvalue weighted by molar-refractivity contribution is 7.91. The van der Waals surface area contributed by atoms with Crippen molar-refractivity contribution in [1.29, 1.82) is 0 Å². The molecule has 2 aliphatic heterocycles. The first-order valence-electron chi connectivity index (χ1n) is 8.09. The molecule has 0 aliphatic carbocycles. The Morgan fingerprint density at radius 1 is 1.21 bits per heavy atom. The molecule has 1 aromatic heterocycles. The van der Waals surface area contributed by atoms with Crippen molar-refractivity contribution in [2.75, 3.05) is 26.2 Å². The molecule has 0 bridgehead atoms. The minimum absolute atomic E-state index is 0. The average Bonchev–Trinajstić information content (AvgIpc) is 3.19. The lowest BCUT2D eigenvalue weighted by Gasteiger charge is -2.30. The van der Waals surface area contributed by atoms with Crippen LogP contribution in [0.1, 0.15) is 30.6 Å². The molecular weight excluding hydrogens is 370 g/mol. The van der Waals surface area contributed by atoms with Crippen LogP contribution in [0.5, 0.6) is 0 Å². The minimum atomic E-state index is -3.38. The molecule has 0 saturated carbocycles. The molecule has 2 fully saturated rings. The molecule has 3 heterocycles. The molecule has 2 N–H and O–H groups in total. The Balaban J connectivity index is 0.00000208. The van der Waals surface area contributed by atoms with E-state index in [-0.39, 0.29) is 30.8 Å². The topological polar surface area (TPSA) is 83.7 Å². The van der Waals surface area contributed by atoms with Crippen molar-refractivity contribution in [3.63, 3.8) is 0 Å². The second-order valence-corrected chi connectivity index (χ2v) is 9.58. The maximum atomic E-state index is 12.5. The van der Waals surface area contributed by atoms with Gasteiger partial charge in [-0.3, -0.25) is 4.79 Å². The van der Waals surface area contributed by atoms with Crippen molar-refractivity contribution in [2.24, 2.45) is 5.73 Å². The van der Waals surface area contributed by atoms with E-state index in [1.165, 1.54) is 15.6 Å². The number of hydrogen-bond acceptors (Lipinski definition) is 5. The van der Waals surface area contributed by atoms with Crippen molar-refractivity contribution >= 4 is 39.7 Å². The third-order valence-corrected chi connectivity index (χ3v) is 7.88. The van der Waals surface area contributed by atoms with Gasteiger partial charge in [0, 0.05) is 37.1 Å². The molecule has 0 radical (unpaired) electrons. The van der Waals surface area contributed by atoms with E-state index in [2.05, 4.69) is 0 Å². The van der Waals surface area contributed by atoms with Crippen molar-refractivity contribution in [1.82, 2.24) is 9.21 Å². The lowest BCUT2D eigenvalue weighted by molar-refractivity contribution is -0.131. The number of piperidine rings is 1. The highest BCUT2D eigenvalue weighted by Gasteiger charge is 2.29. The van der Waals surface area contributed by atoms with Crippen LogP contribution in [0.3, 0.4) is 0 Å². The summed E-state index contributed by atoms with van der Waals surface area (Å²) in [7, 11) is -3.38. The van der Waals surface area contributed by atoms with Crippen molar-refractivity contribution in [2.45, 2.75) is 42.4 Å². The summed E-state index contributed by atoms with van der Waals surface area (Å²) < 4.78 is 26.9. The summed E-state index contributed by atoms with van der Waals surface area (Å²) in [6.07, 6.45) is 4.00. The fourth-order valence-corrected chi connectivity index (χ4v) is 6.16. The molecule has 3 rings (SSSR count). The number of sulfonamides is 1. The molecule has 1 unspecified atom stereocenters. The molecule has 136 valence electrons. The minimum Gasteiger partial charge on any atom is -0.341 e. The van der Waals surface area contributed by atoms with E-state index in [0.717, 1.165) is 37.1 Å². The maximum absolute atomic E-state index is 12.5. The molecule has 2 saturated heterocycles. The number of carbonyl (C=O) groups excluding carboxylic acids is 1. The van der Waals surface area contributed by atoms with Gasteiger partial charge in [0.15, 0.2) is 0 Å². The number of amides is 1. The van der Waals surface area contributed by atoms with E-state index >= 15 is 0 Å². The first-order chi connectivity index (χ1) is 11.0. The van der Waals surface area contributed by atoms with Gasteiger partial charge in [-0.15, -0.1) is 23.7 Å². The van der Waals surface area contributed by atoms with Gasteiger partial charge in [0.25, 0.3) is 10.0 Å². The van der Waals surface area contributed by atoms with Gasteiger partial charge in [0.05, 0.1) is 6.42 Å². The van der Waals surface area contributed by atoms with Crippen LogP contribution in [-0.4, -0.2) is 55.8 Å². The molecule has 9 heteroatoms. The van der Waals surface area contributed by atoms with Crippen LogP contribution in [0.4, 0.5) is 0 Å². The van der Waals surface area contributed by atoms with Crippen LogP contribution < -0.4 is 5.73 Å². The highest BCUT2D eigenvalue weighted by atomic mass is 35.5. The Morgan fingerprint density at radius 2 is 1.92 bits per heavy atom. The summed E-state index contributed by atoms with van der Waals surface area (Å²) >= 11 is 1.21. The molecule has 24 heavy (non-hydrogen) atoms. The molecule has 0 aromatic carbocycles. The van der Waals surface area contributed by atoms with Gasteiger partial charge in [-0.25, -0.2) is 8.42 Å². The van der Waals surface area contributed by atoms with Crippen LogP contribution >= 0.6 is 23.7 Å². The first kappa shape index (κ1) is 19.7. The van der Waals surface area contributed by atoms with E-state index in [0.29, 0.717) is 23.8 Å². The van der Waals surface area contributed by atoms with Crippen LogP contribution in [-0.2, 0) is 21.2 Å². The van der Waals surface area contributed by atoms with Gasteiger partial charge in [-0.1, -0.05) is 0 Å². The van der Waals surface area contributed by atoms with Crippen molar-refractivity contribution in [3.05, 3.63) is 17.0 Å². The Kier molecular flexibility index (Phi) is 6.66. The predicted octanol–water partition coefficient (Wildman–Crippen LogP) is 1.45. The van der Waals surface area contributed by atoms with Crippen LogP contribution in [0.15, 0.2) is 16.3 Å². The van der Waals surface area contributed by atoms with E-state index in [1.807, 2.05) is 0 Å². The molecule has 1 aromatic rings. The SMILES string of the molecule is Cl.NC1CCCN(C(=O)Cc2ccc(S(=O)(=O)N3CCCC3)s2)C1. The lowest BCUT2D eigenvalue weighted by Crippen LogP contribution is -2.46. The van der Waals surface area contributed by atoms with Crippen LogP contribution in [0, 0.1) is 0 Å². The van der Waals surface area contributed by atoms with Crippen molar-refractivity contribution in [3.8, 4) is 0 Å². The average molecular weight is 394 g/mol. The molecule has 6 nitrogen and oxygen atoms in total. The molecule has 1 atom stereocenters. The van der Waals surface area contributed by atoms with Gasteiger partial charge in [-0.05, 0) is 37.8 Å². The summed E-state index contributed by atoms with van der Waals surface area (Å²) in [4.78, 5) is 14.9. The highest BCUT2D eigenvalue weighted by Crippen LogP contribution is 2.28. The number of carbonyl (C=O) groups is 1. The number of nitrogens with zero attached hydrogens (tertiary/aromatic N) is 2. The second-order valence-electron chi connectivity index (χ2n) is 6.25. The van der Waals surface area contributed by atoms with Crippen molar-refractivity contribution < 1.29 is 13.2 Å². The van der Waals surface area contributed by atoms with E-state index in [4.69, 9.17) is 5.73 Å². The Morgan fingerprint density at radius 3 is 2.58 bits per heavy atom. The summed E-state index contributed by atoms with van der Waals surface area (Å²) in [5.41, 5.74) is 5.91. The fourth-order valence-electron chi connectivity index (χ4n) is 3.14. The normalized spacial score (nSPS) is 22.4. The first-order valence-corrected chi connectivity index (χ1v) is 10.3. The number of halogens is 1. The van der Waals surface area contributed by atoms with Gasteiger partial charge in [0.2, 0.25) is 5.91 Å². The lowest BCUT2D eigenvalue weighted by atomic mass is 10.1. The zero-order valence-corrected chi connectivity index (χ0v) is 16.0. The fraction of sp³-hybridized carbons (Fsp3) is 0.667. The van der Waals surface area contributed by atoms with Gasteiger partial charge in [-0.2, -0.15) is 4.31 Å². The number of hydrogen-bond donors (Lipinski definition) is 1. The van der Waals surface area contributed by atoms with E-state index < -0.39 is 10.0 Å². The largest absolute Gasteiger partial charge is 0.341 e. The molecule has 2 aliphatic rings. The Hall–Kier alpha value is -0.670. The number of likely N-dealkylation sites (tertiary alicyclic amines) is 1. The Labute approximate surface area is 153 Å². The predicted molar refractivity (Wildman–Crippen MR) is 97.1 cm³/mol. The summed E-state index contributed by atoms with van der Waals surface area (Å²) in [5.74, 6) is 0.0344. The van der Waals surface area contributed by atoms with Gasteiger partial charge < -0.3 is 10.6 Å². The van der Waals surface area contributed by atoms with Crippen LogP contribution in [0.2, 0.25) is 0 Å². The summed E-state index contributed by atoms with van der Waals surface area (Å²) in [6, 6.07) is 3.44. The molecular formula is C15H24ClN3O3S2. The zero-order chi connectivity index (χ0) is 16.4. The maximum Gasteiger partial charge on any atom is 0.252 e. The standard InChI is InChI=1S/C15H23N3O3S2.ClH/c16-12-4-3-7-17(11-12)14(19)10-13-5-6-15(22-13)23(20,21)18-8-1-2-9-18;/h5-6,12H,1-4,7-11,16H2;1H. The van der Waals surface area contributed by atoms with Gasteiger partial charge in [0.1, 0.15) is 4.21 Å². The number of rotatable bonds is 4. The number of nitrogens with two attached hydrogens (primary N) is 1. The third kappa shape index (κ3) is 4.29. The smallest absolute Gasteiger partial charge is 0.252 e. The number of thiophene rings is 1. The van der Waals surface area contributed by atoms with Gasteiger partial charge >= 0.3 is 0 Å². The summed E-state index contributed by atoms with van der Waals surface area (Å²) in [6.45, 7) is 2.54. The van der Waals surface area contributed by atoms with E-state index in [9.17, 15) is 13.2 Å². The quantitative estimate of drug-likeness (QED) is 0.839.